The number of phosphoric ester groups is 1. The number of nitrogens with two attached hydrogens (primary N) is 1. The van der Waals surface area contributed by atoms with E-state index in [1.807, 2.05) is 0 Å². The van der Waals surface area contributed by atoms with Gasteiger partial charge in [-0.2, -0.15) is 0 Å². The molecule has 0 radical (unpaired) electrons. The number of unbranched alkanes of at least 4 members (excludes halogenated alkanes) is 31. The van der Waals surface area contributed by atoms with Crippen molar-refractivity contribution in [3.8, 4) is 0 Å². The van der Waals surface area contributed by atoms with Crippen LogP contribution in [0.5, 0.6) is 0 Å². The number of phosphoric acid groups is 1. The molecule has 0 amide bonds. The van der Waals surface area contributed by atoms with Crippen molar-refractivity contribution in [1.82, 2.24) is 0 Å². The zero-order chi connectivity index (χ0) is 58.7. The van der Waals surface area contributed by atoms with Crippen LogP contribution in [0.4, 0.5) is 0 Å². The van der Waals surface area contributed by atoms with Crippen molar-refractivity contribution in [3.05, 3.63) is 109 Å². The van der Waals surface area contributed by atoms with Crippen LogP contribution in [-0.4, -0.2) is 49.3 Å². The van der Waals surface area contributed by atoms with E-state index in [-0.39, 0.29) is 38.6 Å². The predicted octanol–water partition coefficient (Wildman–Crippen LogP) is 21.7. The van der Waals surface area contributed by atoms with Crippen LogP contribution < -0.4 is 5.73 Å². The predicted molar refractivity (Wildman–Crippen MR) is 348 cm³/mol. The molecule has 466 valence electrons. The normalized spacial score (nSPS) is 13.7. The summed E-state index contributed by atoms with van der Waals surface area (Å²) in [5, 5.41) is 0. The van der Waals surface area contributed by atoms with E-state index >= 15 is 0 Å². The van der Waals surface area contributed by atoms with E-state index in [2.05, 4.69) is 123 Å². The topological polar surface area (TPSA) is 134 Å². The molecule has 0 aliphatic heterocycles. The summed E-state index contributed by atoms with van der Waals surface area (Å²) in [5.74, 6) is -0.826. The summed E-state index contributed by atoms with van der Waals surface area (Å²) in [6, 6.07) is 0. The molecule has 0 spiro atoms. The Morgan fingerprint density at radius 3 is 1.01 bits per heavy atom. The highest BCUT2D eigenvalue weighted by molar-refractivity contribution is 7.47. The van der Waals surface area contributed by atoms with E-state index in [0.717, 1.165) is 103 Å². The second-order valence-electron chi connectivity index (χ2n) is 22.0. The van der Waals surface area contributed by atoms with Crippen molar-refractivity contribution in [3.63, 3.8) is 0 Å². The monoisotopic (exact) mass is 1150 g/mol. The molecular weight excluding hydrogens is 1030 g/mol. The van der Waals surface area contributed by atoms with Gasteiger partial charge in [0.1, 0.15) is 6.61 Å². The SMILES string of the molecule is CC/C=C\C/C=C\C/C=C\C/C=C\C/C=C\C/C=C\C/C=C\CCCCCCCCCCCCCCCCCCCCCC(=O)OC(COC(=O)CCCCCCCCCCC/C=C\C/C=C\CCCCC)COP(=O)(O)OCCN. The molecule has 81 heavy (non-hydrogen) atoms. The molecule has 10 heteroatoms. The molecule has 0 aromatic heterocycles. The van der Waals surface area contributed by atoms with Crippen molar-refractivity contribution in [1.29, 1.82) is 0 Å². The van der Waals surface area contributed by atoms with Gasteiger partial charge in [0.25, 0.3) is 0 Å². The number of carbonyl (C=O) groups excluding carboxylic acids is 2. The average molecular weight is 1150 g/mol. The maximum Gasteiger partial charge on any atom is 0.472 e. The maximum absolute atomic E-state index is 12.7. The van der Waals surface area contributed by atoms with Gasteiger partial charge in [0.05, 0.1) is 13.2 Å². The van der Waals surface area contributed by atoms with Gasteiger partial charge in [-0.25, -0.2) is 4.57 Å². The van der Waals surface area contributed by atoms with Gasteiger partial charge in [-0.15, -0.1) is 0 Å². The Bertz CT molecular complexity index is 1690. The van der Waals surface area contributed by atoms with Crippen molar-refractivity contribution in [2.24, 2.45) is 5.73 Å². The first-order chi connectivity index (χ1) is 39.8. The molecule has 0 saturated carbocycles. The minimum atomic E-state index is -4.39. The molecule has 2 unspecified atom stereocenters. The first kappa shape index (κ1) is 77.7. The molecule has 0 rings (SSSR count). The van der Waals surface area contributed by atoms with Gasteiger partial charge in [0, 0.05) is 19.4 Å². The lowest BCUT2D eigenvalue weighted by Gasteiger charge is -2.19. The number of allylic oxidation sites excluding steroid dienone is 18. The molecule has 0 fully saturated rings. The molecule has 2 atom stereocenters. The van der Waals surface area contributed by atoms with E-state index in [0.29, 0.717) is 6.42 Å². The number of hydrogen-bond acceptors (Lipinski definition) is 8. The fourth-order valence-corrected chi connectivity index (χ4v) is 10.0. The van der Waals surface area contributed by atoms with E-state index in [9.17, 15) is 19.0 Å². The lowest BCUT2D eigenvalue weighted by molar-refractivity contribution is -0.161. The molecule has 0 aromatic carbocycles. The molecule has 0 heterocycles. The van der Waals surface area contributed by atoms with Crippen LogP contribution >= 0.6 is 7.82 Å². The summed E-state index contributed by atoms with van der Waals surface area (Å²) < 4.78 is 33.1. The Kier molecular flexibility index (Phi) is 63.1. The van der Waals surface area contributed by atoms with Crippen LogP contribution in [0.15, 0.2) is 109 Å². The number of hydrogen-bond donors (Lipinski definition) is 2. The zero-order valence-electron chi connectivity index (χ0n) is 52.2. The Labute approximate surface area is 499 Å². The average Bonchev–Trinajstić information content (AvgIpc) is 3.46. The fourth-order valence-electron chi connectivity index (χ4n) is 9.24. The van der Waals surface area contributed by atoms with Crippen LogP contribution in [0.2, 0.25) is 0 Å². The number of esters is 2. The van der Waals surface area contributed by atoms with Crippen LogP contribution in [-0.2, 0) is 32.7 Å². The lowest BCUT2D eigenvalue weighted by Crippen LogP contribution is -2.29. The van der Waals surface area contributed by atoms with Gasteiger partial charge >= 0.3 is 19.8 Å². The van der Waals surface area contributed by atoms with E-state index in [4.69, 9.17) is 24.3 Å². The van der Waals surface area contributed by atoms with E-state index < -0.39 is 26.5 Å². The van der Waals surface area contributed by atoms with E-state index in [1.165, 1.54) is 161 Å². The third-order valence-corrected chi connectivity index (χ3v) is 15.1. The minimum Gasteiger partial charge on any atom is -0.462 e. The first-order valence-electron chi connectivity index (χ1n) is 33.4. The molecule has 3 N–H and O–H groups in total. The second-order valence-corrected chi connectivity index (χ2v) is 23.4. The Balaban J connectivity index is 3.84. The molecular formula is C71H124NO8P. The van der Waals surface area contributed by atoms with Crippen LogP contribution in [0.25, 0.3) is 0 Å². The summed E-state index contributed by atoms with van der Waals surface area (Å²) >= 11 is 0. The highest BCUT2D eigenvalue weighted by atomic mass is 31.2. The van der Waals surface area contributed by atoms with Gasteiger partial charge in [0.15, 0.2) is 6.10 Å². The van der Waals surface area contributed by atoms with Crippen molar-refractivity contribution in [2.75, 3.05) is 26.4 Å². The lowest BCUT2D eigenvalue weighted by atomic mass is 10.0. The van der Waals surface area contributed by atoms with Gasteiger partial charge in [0.2, 0.25) is 0 Å². The zero-order valence-corrected chi connectivity index (χ0v) is 53.1. The van der Waals surface area contributed by atoms with Gasteiger partial charge in [-0.05, 0) is 103 Å². The van der Waals surface area contributed by atoms with Gasteiger partial charge in [-0.1, -0.05) is 290 Å². The van der Waals surface area contributed by atoms with Gasteiger partial charge in [-0.3, -0.25) is 18.6 Å². The summed E-state index contributed by atoms with van der Waals surface area (Å²) in [6.45, 7) is 3.62. The van der Waals surface area contributed by atoms with Crippen LogP contribution in [0.3, 0.4) is 0 Å². The molecule has 0 aliphatic rings. The first-order valence-corrected chi connectivity index (χ1v) is 34.9. The minimum absolute atomic E-state index is 0.0507. The Morgan fingerprint density at radius 2 is 0.679 bits per heavy atom. The second kappa shape index (κ2) is 65.8. The molecule has 0 bridgehead atoms. The molecule has 9 nitrogen and oxygen atoms in total. The summed E-state index contributed by atoms with van der Waals surface area (Å²) in [5.41, 5.74) is 5.39. The third-order valence-electron chi connectivity index (χ3n) is 14.1. The number of carbonyl (C=O) groups is 2. The maximum atomic E-state index is 12.7. The van der Waals surface area contributed by atoms with Gasteiger partial charge < -0.3 is 20.1 Å². The standard InChI is InChI=1S/C71H124NO8P/c1-3-5-7-9-11-13-15-17-19-21-23-24-25-26-27-28-29-30-31-32-33-34-35-36-37-38-39-40-41-42-43-44-46-48-50-52-54-56-58-60-62-64-71(74)80-69(68-79-81(75,76)78-66-65-72)67-77-70(73)63-61-59-57-55-53-51-49-47-45-22-20-18-16-14-12-10-8-6-4-2/h5,7,11-14,17-20,23-24,26-27,29-30,32-33,69H,3-4,6,8-10,15-16,21-22,25,28,31,34-68,72H2,1-2H3,(H,75,76)/b7-5-,13-11-,14-12-,19-17-,20-18-,24-23-,27-26-,30-29-,33-32-. The fraction of sp³-hybridized carbons (Fsp3) is 0.718. The number of ether oxygens (including phenoxy) is 2. The molecule has 0 saturated heterocycles. The quantitative estimate of drug-likeness (QED) is 0.0264. The third kappa shape index (κ3) is 65.7. The van der Waals surface area contributed by atoms with Crippen LogP contribution in [0.1, 0.15) is 296 Å². The van der Waals surface area contributed by atoms with Crippen molar-refractivity contribution < 1.29 is 37.6 Å². The Morgan fingerprint density at radius 1 is 0.383 bits per heavy atom. The summed E-state index contributed by atoms with van der Waals surface area (Å²) in [6.07, 6.45) is 90.3. The van der Waals surface area contributed by atoms with Crippen molar-refractivity contribution in [2.45, 2.75) is 302 Å². The van der Waals surface area contributed by atoms with Crippen LogP contribution in [0, 0.1) is 0 Å². The van der Waals surface area contributed by atoms with Crippen molar-refractivity contribution >= 4 is 19.8 Å². The highest BCUT2D eigenvalue weighted by Crippen LogP contribution is 2.43. The smallest absolute Gasteiger partial charge is 0.462 e. The molecule has 0 aromatic rings. The summed E-state index contributed by atoms with van der Waals surface area (Å²) in [4.78, 5) is 35.3. The van der Waals surface area contributed by atoms with E-state index in [1.54, 1.807) is 0 Å². The molecule has 0 aliphatic carbocycles. The number of rotatable bonds is 62. The summed E-state index contributed by atoms with van der Waals surface area (Å²) in [7, 11) is -4.39. The Hall–Kier alpha value is -3.33. The highest BCUT2D eigenvalue weighted by Gasteiger charge is 2.26. The largest absolute Gasteiger partial charge is 0.472 e.